The van der Waals surface area contributed by atoms with Crippen LogP contribution >= 0.6 is 0 Å². The Hall–Kier alpha value is -3.18. The van der Waals surface area contributed by atoms with Crippen LogP contribution < -0.4 is 5.32 Å². The van der Waals surface area contributed by atoms with Gasteiger partial charge in [-0.3, -0.25) is 9.59 Å². The zero-order valence-electron chi connectivity index (χ0n) is 19.1. The van der Waals surface area contributed by atoms with Crippen molar-refractivity contribution in [2.45, 2.75) is 38.6 Å². The molecular weight excluding hydrogens is 398 g/mol. The van der Waals surface area contributed by atoms with E-state index in [-0.39, 0.29) is 11.8 Å². The molecule has 1 unspecified atom stereocenters. The number of likely N-dealkylation sites (N-methyl/N-ethyl adjacent to an activating group) is 1. The third-order valence-corrected chi connectivity index (χ3v) is 6.42. The monoisotopic (exact) mass is 429 g/mol. The van der Waals surface area contributed by atoms with Crippen molar-refractivity contribution in [3.63, 3.8) is 0 Å². The first-order valence-electron chi connectivity index (χ1n) is 11.3. The molecule has 0 saturated carbocycles. The molecule has 4 rings (SSSR count). The summed E-state index contributed by atoms with van der Waals surface area (Å²) in [4.78, 5) is 30.3. The molecule has 2 aromatic rings. The third kappa shape index (κ3) is 4.53. The smallest absolute Gasteiger partial charge is 0.258 e. The number of allylic oxidation sites excluding steroid dienone is 2. The SMILES string of the molecule is Cc1ccccc1C(=O)Nc1ccc(C(=O)N2CCCC(N(C)C)C3=C2CC=CC3)cc1. The molecule has 0 radical (unpaired) electrons. The van der Waals surface area contributed by atoms with E-state index in [1.165, 1.54) is 5.57 Å². The van der Waals surface area contributed by atoms with Gasteiger partial charge in [-0.25, -0.2) is 0 Å². The molecule has 5 nitrogen and oxygen atoms in total. The highest BCUT2D eigenvalue weighted by Crippen LogP contribution is 2.33. The summed E-state index contributed by atoms with van der Waals surface area (Å²) in [5, 5.41) is 2.93. The Morgan fingerprint density at radius 1 is 1.00 bits per heavy atom. The summed E-state index contributed by atoms with van der Waals surface area (Å²) in [5.74, 6) is -0.114. The quantitative estimate of drug-likeness (QED) is 0.695. The molecule has 2 aromatic carbocycles. The summed E-state index contributed by atoms with van der Waals surface area (Å²) in [6, 6.07) is 15.1. The van der Waals surface area contributed by atoms with E-state index in [0.717, 1.165) is 43.5 Å². The highest BCUT2D eigenvalue weighted by Gasteiger charge is 2.30. The second-order valence-corrected chi connectivity index (χ2v) is 8.78. The molecule has 1 aliphatic carbocycles. The van der Waals surface area contributed by atoms with Gasteiger partial charge in [-0.1, -0.05) is 30.4 Å². The molecular formula is C27H31N3O2. The molecule has 1 N–H and O–H groups in total. The van der Waals surface area contributed by atoms with Gasteiger partial charge in [0.1, 0.15) is 0 Å². The van der Waals surface area contributed by atoms with Gasteiger partial charge in [0.05, 0.1) is 0 Å². The van der Waals surface area contributed by atoms with Crippen molar-refractivity contribution in [1.29, 1.82) is 0 Å². The van der Waals surface area contributed by atoms with Crippen molar-refractivity contribution < 1.29 is 9.59 Å². The Bertz CT molecular complexity index is 1070. The third-order valence-electron chi connectivity index (χ3n) is 6.42. The Kier molecular flexibility index (Phi) is 6.56. The first kappa shape index (κ1) is 22.0. The van der Waals surface area contributed by atoms with Crippen LogP contribution in [0.15, 0.2) is 72.0 Å². The van der Waals surface area contributed by atoms with Crippen LogP contribution in [0.5, 0.6) is 0 Å². The minimum Gasteiger partial charge on any atom is -0.322 e. The van der Waals surface area contributed by atoms with E-state index in [4.69, 9.17) is 0 Å². The van der Waals surface area contributed by atoms with Crippen molar-refractivity contribution in [3.05, 3.63) is 88.6 Å². The molecule has 1 aliphatic heterocycles. The van der Waals surface area contributed by atoms with E-state index >= 15 is 0 Å². The number of rotatable bonds is 4. The van der Waals surface area contributed by atoms with Gasteiger partial charge in [0.15, 0.2) is 0 Å². The van der Waals surface area contributed by atoms with Gasteiger partial charge in [-0.05, 0) is 81.7 Å². The van der Waals surface area contributed by atoms with E-state index in [1.54, 1.807) is 12.1 Å². The summed E-state index contributed by atoms with van der Waals surface area (Å²) >= 11 is 0. The van der Waals surface area contributed by atoms with Crippen LogP contribution in [-0.4, -0.2) is 48.3 Å². The Labute approximate surface area is 190 Å². The molecule has 0 aromatic heterocycles. The van der Waals surface area contributed by atoms with Gasteiger partial charge in [-0.2, -0.15) is 0 Å². The number of hydrogen-bond acceptors (Lipinski definition) is 3. The van der Waals surface area contributed by atoms with Gasteiger partial charge in [0.25, 0.3) is 11.8 Å². The fraction of sp³-hybridized carbons (Fsp3) is 0.333. The van der Waals surface area contributed by atoms with E-state index in [1.807, 2.05) is 48.2 Å². The first-order chi connectivity index (χ1) is 15.5. The lowest BCUT2D eigenvalue weighted by atomic mass is 9.93. The maximum atomic E-state index is 13.5. The molecule has 0 saturated heterocycles. The van der Waals surface area contributed by atoms with Crippen LogP contribution in [0.1, 0.15) is 52.0 Å². The number of amides is 2. The number of anilines is 1. The minimum atomic E-state index is -0.145. The molecule has 166 valence electrons. The maximum absolute atomic E-state index is 13.5. The molecule has 2 aliphatic rings. The van der Waals surface area contributed by atoms with Gasteiger partial charge >= 0.3 is 0 Å². The standard InChI is InChI=1S/C27H31N3O2/c1-19-9-4-5-10-22(19)26(31)28-21-16-14-20(15-17-21)27(32)30-18-8-13-24(29(2)3)23-11-6-7-12-25(23)30/h4-7,9-10,14-17,24H,8,11-13,18H2,1-3H3,(H,28,31). The van der Waals surface area contributed by atoms with E-state index in [0.29, 0.717) is 22.9 Å². The summed E-state index contributed by atoms with van der Waals surface area (Å²) in [6.07, 6.45) is 8.14. The predicted octanol–water partition coefficient (Wildman–Crippen LogP) is 5.02. The molecule has 0 bridgehead atoms. The molecule has 1 atom stereocenters. The van der Waals surface area contributed by atoms with Crippen LogP contribution in [0.4, 0.5) is 5.69 Å². The number of aryl methyl sites for hydroxylation is 1. The van der Waals surface area contributed by atoms with Gasteiger partial charge in [0, 0.05) is 41.5 Å². The summed E-state index contributed by atoms with van der Waals surface area (Å²) < 4.78 is 0. The molecule has 1 heterocycles. The average molecular weight is 430 g/mol. The van der Waals surface area contributed by atoms with Crippen molar-refractivity contribution in [1.82, 2.24) is 9.80 Å². The lowest BCUT2D eigenvalue weighted by Crippen LogP contribution is -2.34. The number of carbonyl (C=O) groups excluding carboxylic acids is 2. The van der Waals surface area contributed by atoms with Crippen molar-refractivity contribution in [2.75, 3.05) is 26.0 Å². The Balaban J connectivity index is 1.52. The molecule has 0 spiro atoms. The van der Waals surface area contributed by atoms with Crippen molar-refractivity contribution in [2.24, 2.45) is 0 Å². The molecule has 5 heteroatoms. The van der Waals surface area contributed by atoms with E-state index in [2.05, 4.69) is 36.5 Å². The predicted molar refractivity (Wildman–Crippen MR) is 129 cm³/mol. The number of benzene rings is 2. The fourth-order valence-electron chi connectivity index (χ4n) is 4.69. The summed E-state index contributed by atoms with van der Waals surface area (Å²) in [5.41, 5.74) is 5.43. The largest absolute Gasteiger partial charge is 0.322 e. The van der Waals surface area contributed by atoms with Gasteiger partial charge in [0.2, 0.25) is 0 Å². The van der Waals surface area contributed by atoms with Crippen molar-refractivity contribution in [3.8, 4) is 0 Å². The second-order valence-electron chi connectivity index (χ2n) is 8.78. The van der Waals surface area contributed by atoms with Crippen LogP contribution in [0.25, 0.3) is 0 Å². The van der Waals surface area contributed by atoms with Crippen LogP contribution in [0.3, 0.4) is 0 Å². The second kappa shape index (κ2) is 9.53. The lowest BCUT2D eigenvalue weighted by Gasteiger charge is -2.31. The highest BCUT2D eigenvalue weighted by atomic mass is 16.2. The molecule has 32 heavy (non-hydrogen) atoms. The lowest BCUT2D eigenvalue weighted by molar-refractivity contribution is 0.0802. The fourth-order valence-corrected chi connectivity index (χ4v) is 4.69. The summed E-state index contributed by atoms with van der Waals surface area (Å²) in [7, 11) is 4.24. The van der Waals surface area contributed by atoms with Gasteiger partial charge in [-0.15, -0.1) is 0 Å². The van der Waals surface area contributed by atoms with Crippen molar-refractivity contribution >= 4 is 17.5 Å². The van der Waals surface area contributed by atoms with E-state index < -0.39 is 0 Å². The first-order valence-corrected chi connectivity index (χ1v) is 11.3. The normalized spacial score (nSPS) is 18.4. The number of carbonyl (C=O) groups is 2. The van der Waals surface area contributed by atoms with Gasteiger partial charge < -0.3 is 15.1 Å². The number of nitrogens with one attached hydrogen (secondary N) is 1. The number of nitrogens with zero attached hydrogens (tertiary/aromatic N) is 2. The maximum Gasteiger partial charge on any atom is 0.258 e. The zero-order chi connectivity index (χ0) is 22.7. The van der Waals surface area contributed by atoms with Crippen LogP contribution in [0, 0.1) is 6.92 Å². The zero-order valence-corrected chi connectivity index (χ0v) is 19.1. The average Bonchev–Trinajstić information content (AvgIpc) is 2.99. The van der Waals surface area contributed by atoms with E-state index in [9.17, 15) is 9.59 Å². The minimum absolute atomic E-state index is 0.0315. The Morgan fingerprint density at radius 2 is 1.72 bits per heavy atom. The highest BCUT2D eigenvalue weighted by molar-refractivity contribution is 6.05. The summed E-state index contributed by atoms with van der Waals surface area (Å²) in [6.45, 7) is 2.66. The van der Waals surface area contributed by atoms with Crippen LogP contribution in [-0.2, 0) is 0 Å². The number of hydrogen-bond donors (Lipinski definition) is 1. The molecule has 2 amide bonds. The molecule has 0 fully saturated rings. The van der Waals surface area contributed by atoms with Crippen LogP contribution in [0.2, 0.25) is 0 Å². The topological polar surface area (TPSA) is 52.7 Å². The Morgan fingerprint density at radius 3 is 2.44 bits per heavy atom.